The van der Waals surface area contributed by atoms with Crippen LogP contribution in [0.1, 0.15) is 52.4 Å². The molecule has 0 aromatic carbocycles. The van der Waals surface area contributed by atoms with Crippen LogP contribution in [0.15, 0.2) is 0 Å². The molecule has 1 saturated heterocycles. The number of hydrogen-bond acceptors (Lipinski definition) is 4. The molecule has 22 heavy (non-hydrogen) atoms. The molecule has 0 aromatic heterocycles. The first-order chi connectivity index (χ1) is 10.4. The van der Waals surface area contributed by atoms with Gasteiger partial charge in [-0.15, -0.1) is 0 Å². The first-order valence-corrected chi connectivity index (χ1v) is 9.96. The van der Waals surface area contributed by atoms with Crippen LogP contribution in [0.4, 0.5) is 0 Å². The van der Waals surface area contributed by atoms with E-state index in [1.54, 1.807) is 0 Å². The van der Waals surface area contributed by atoms with E-state index in [1.165, 1.54) is 4.31 Å². The van der Waals surface area contributed by atoms with Crippen molar-refractivity contribution in [3.63, 3.8) is 0 Å². The summed E-state index contributed by atoms with van der Waals surface area (Å²) in [6, 6.07) is -0.521. The summed E-state index contributed by atoms with van der Waals surface area (Å²) in [5.74, 6) is 0.352. The Kier molecular flexibility index (Phi) is 8.35. The maximum absolute atomic E-state index is 12.2. The third-order valence-corrected chi connectivity index (χ3v) is 5.92. The standard InChI is InChI=1S/C15H31N3O3S/c1-13(2)7-11-18-14(8-12-22(18,20)21)15(19)17-10-6-4-3-5-9-16/h13-14H,3-12,16H2,1-2H3,(H,17,19). The molecule has 1 aliphatic heterocycles. The minimum Gasteiger partial charge on any atom is -0.355 e. The van der Waals surface area contributed by atoms with Crippen molar-refractivity contribution in [2.24, 2.45) is 11.7 Å². The maximum Gasteiger partial charge on any atom is 0.238 e. The van der Waals surface area contributed by atoms with E-state index in [9.17, 15) is 13.2 Å². The Morgan fingerprint density at radius 1 is 1.27 bits per heavy atom. The number of nitrogens with two attached hydrogens (primary N) is 1. The average Bonchev–Trinajstić information content (AvgIpc) is 2.75. The summed E-state index contributed by atoms with van der Waals surface area (Å²) in [7, 11) is -3.26. The fraction of sp³-hybridized carbons (Fsp3) is 0.933. The molecule has 1 amide bonds. The number of carbonyl (C=O) groups excluding carboxylic acids is 1. The molecule has 0 aliphatic carbocycles. The van der Waals surface area contributed by atoms with E-state index in [1.807, 2.05) is 0 Å². The van der Waals surface area contributed by atoms with Gasteiger partial charge in [0.2, 0.25) is 15.9 Å². The maximum atomic E-state index is 12.2. The number of unbranched alkanes of at least 4 members (excludes halogenated alkanes) is 3. The smallest absolute Gasteiger partial charge is 0.238 e. The van der Waals surface area contributed by atoms with Gasteiger partial charge in [-0.25, -0.2) is 8.42 Å². The monoisotopic (exact) mass is 333 g/mol. The van der Waals surface area contributed by atoms with Crippen LogP contribution in [0.3, 0.4) is 0 Å². The summed E-state index contributed by atoms with van der Waals surface area (Å²) >= 11 is 0. The van der Waals surface area contributed by atoms with Crippen molar-refractivity contribution >= 4 is 15.9 Å². The van der Waals surface area contributed by atoms with Crippen molar-refractivity contribution in [1.29, 1.82) is 0 Å². The summed E-state index contributed by atoms with van der Waals surface area (Å²) < 4.78 is 25.5. The predicted molar refractivity (Wildman–Crippen MR) is 88.9 cm³/mol. The zero-order chi connectivity index (χ0) is 16.6. The van der Waals surface area contributed by atoms with Crippen LogP contribution in [0.2, 0.25) is 0 Å². The summed E-state index contributed by atoms with van der Waals surface area (Å²) in [5.41, 5.74) is 5.43. The number of sulfonamides is 1. The molecule has 1 aliphatic rings. The van der Waals surface area contributed by atoms with Gasteiger partial charge >= 0.3 is 0 Å². The van der Waals surface area contributed by atoms with Crippen molar-refractivity contribution in [1.82, 2.24) is 9.62 Å². The van der Waals surface area contributed by atoms with E-state index < -0.39 is 16.1 Å². The molecular weight excluding hydrogens is 302 g/mol. The molecule has 130 valence electrons. The average molecular weight is 333 g/mol. The highest BCUT2D eigenvalue weighted by Crippen LogP contribution is 2.22. The first-order valence-electron chi connectivity index (χ1n) is 8.35. The molecule has 1 heterocycles. The molecular formula is C15H31N3O3S. The highest BCUT2D eigenvalue weighted by Gasteiger charge is 2.40. The van der Waals surface area contributed by atoms with E-state index in [-0.39, 0.29) is 11.7 Å². The van der Waals surface area contributed by atoms with Crippen molar-refractivity contribution < 1.29 is 13.2 Å². The third-order valence-electron chi connectivity index (χ3n) is 4.01. The van der Waals surface area contributed by atoms with Gasteiger partial charge in [-0.3, -0.25) is 4.79 Å². The molecule has 3 N–H and O–H groups in total. The Bertz CT molecular complexity index is 437. The Morgan fingerprint density at radius 2 is 1.95 bits per heavy atom. The van der Waals surface area contributed by atoms with Crippen molar-refractivity contribution in [2.45, 2.75) is 58.4 Å². The molecule has 6 nitrogen and oxygen atoms in total. The van der Waals surface area contributed by atoms with Gasteiger partial charge in [0.15, 0.2) is 0 Å². The Hall–Kier alpha value is -0.660. The SMILES string of the molecule is CC(C)CCN1C(C(=O)NCCCCCCN)CCS1(=O)=O. The largest absolute Gasteiger partial charge is 0.355 e. The minimum atomic E-state index is -3.26. The second-order valence-electron chi connectivity index (χ2n) is 6.41. The molecule has 0 bridgehead atoms. The molecule has 1 rings (SSSR count). The lowest BCUT2D eigenvalue weighted by Crippen LogP contribution is -2.45. The molecule has 1 atom stereocenters. The lowest BCUT2D eigenvalue weighted by atomic mass is 10.1. The molecule has 1 unspecified atom stereocenters. The topological polar surface area (TPSA) is 92.5 Å². The Morgan fingerprint density at radius 3 is 2.59 bits per heavy atom. The Labute approximate surface area is 134 Å². The summed E-state index contributed by atoms with van der Waals surface area (Å²) in [5, 5.41) is 2.88. The van der Waals surface area contributed by atoms with Gasteiger partial charge in [0.05, 0.1) is 5.75 Å². The van der Waals surface area contributed by atoms with Gasteiger partial charge in [0.1, 0.15) is 6.04 Å². The predicted octanol–water partition coefficient (Wildman–Crippen LogP) is 1.07. The summed E-state index contributed by atoms with van der Waals surface area (Å²) in [6.45, 7) is 5.86. The van der Waals surface area contributed by atoms with Crippen LogP contribution < -0.4 is 11.1 Å². The number of nitrogens with one attached hydrogen (secondary N) is 1. The highest BCUT2D eigenvalue weighted by atomic mass is 32.2. The van der Waals surface area contributed by atoms with Crippen molar-refractivity contribution in [3.8, 4) is 0 Å². The normalized spacial score (nSPS) is 21.4. The van der Waals surface area contributed by atoms with E-state index in [4.69, 9.17) is 5.73 Å². The fourth-order valence-electron chi connectivity index (χ4n) is 2.61. The number of hydrogen-bond donors (Lipinski definition) is 2. The highest BCUT2D eigenvalue weighted by molar-refractivity contribution is 7.89. The minimum absolute atomic E-state index is 0.0830. The zero-order valence-corrected chi connectivity index (χ0v) is 14.7. The number of nitrogens with zero attached hydrogens (tertiary/aromatic N) is 1. The molecule has 0 aromatic rings. The molecule has 0 saturated carbocycles. The van der Waals surface area contributed by atoms with Crippen LogP contribution in [0.5, 0.6) is 0 Å². The van der Waals surface area contributed by atoms with E-state index >= 15 is 0 Å². The van der Waals surface area contributed by atoms with Crippen molar-refractivity contribution in [2.75, 3.05) is 25.4 Å². The lowest BCUT2D eigenvalue weighted by Gasteiger charge is -2.23. The molecule has 0 radical (unpaired) electrons. The third kappa shape index (κ3) is 6.22. The van der Waals surface area contributed by atoms with Gasteiger partial charge in [-0.2, -0.15) is 4.31 Å². The van der Waals surface area contributed by atoms with Gasteiger partial charge < -0.3 is 11.1 Å². The van der Waals surface area contributed by atoms with Gasteiger partial charge in [0, 0.05) is 13.1 Å². The summed E-state index contributed by atoms with van der Waals surface area (Å²) in [6.07, 6.45) is 5.22. The van der Waals surface area contributed by atoms with E-state index in [0.717, 1.165) is 32.1 Å². The van der Waals surface area contributed by atoms with Gasteiger partial charge in [-0.05, 0) is 38.1 Å². The van der Waals surface area contributed by atoms with Crippen molar-refractivity contribution in [3.05, 3.63) is 0 Å². The second-order valence-corrected chi connectivity index (χ2v) is 8.45. The van der Waals surface area contributed by atoms with Crippen LogP contribution in [0, 0.1) is 5.92 Å². The molecule has 1 fully saturated rings. The van der Waals surface area contributed by atoms with E-state index in [2.05, 4.69) is 19.2 Å². The first kappa shape index (κ1) is 19.4. The van der Waals surface area contributed by atoms with Gasteiger partial charge in [0.25, 0.3) is 0 Å². The second kappa shape index (κ2) is 9.47. The van der Waals surface area contributed by atoms with Gasteiger partial charge in [-0.1, -0.05) is 26.7 Å². The quantitative estimate of drug-likeness (QED) is 0.585. The molecule has 7 heteroatoms. The van der Waals surface area contributed by atoms with Crippen LogP contribution in [-0.2, 0) is 14.8 Å². The van der Waals surface area contributed by atoms with Crippen LogP contribution in [-0.4, -0.2) is 50.1 Å². The van der Waals surface area contributed by atoms with Crippen LogP contribution >= 0.6 is 0 Å². The zero-order valence-electron chi connectivity index (χ0n) is 13.9. The fourth-order valence-corrected chi connectivity index (χ4v) is 4.34. The lowest BCUT2D eigenvalue weighted by molar-refractivity contribution is -0.124. The number of amides is 1. The molecule has 0 spiro atoms. The van der Waals surface area contributed by atoms with Crippen LogP contribution in [0.25, 0.3) is 0 Å². The number of rotatable bonds is 10. The van der Waals surface area contributed by atoms with E-state index in [0.29, 0.717) is 32.0 Å². The Balaban J connectivity index is 2.42. The number of carbonyl (C=O) groups is 1. The summed E-state index contributed by atoms with van der Waals surface area (Å²) in [4.78, 5) is 12.2.